The Morgan fingerprint density at radius 3 is 2.82 bits per heavy atom. The van der Waals surface area contributed by atoms with Crippen LogP contribution < -0.4 is 5.32 Å². The van der Waals surface area contributed by atoms with Gasteiger partial charge in [0.1, 0.15) is 5.82 Å². The third-order valence-electron chi connectivity index (χ3n) is 3.14. The Morgan fingerprint density at radius 2 is 2.12 bits per heavy atom. The zero-order valence-electron chi connectivity index (χ0n) is 9.70. The zero-order chi connectivity index (χ0) is 11.8. The first-order valence-corrected chi connectivity index (χ1v) is 6.69. The van der Waals surface area contributed by atoms with Gasteiger partial charge >= 0.3 is 0 Å². The van der Waals surface area contributed by atoms with Crippen LogP contribution in [0.3, 0.4) is 0 Å². The van der Waals surface area contributed by atoms with Crippen LogP contribution in [-0.2, 0) is 12.8 Å². The van der Waals surface area contributed by atoms with Gasteiger partial charge < -0.3 is 5.32 Å². The minimum atomic E-state index is 0.994. The molecule has 0 saturated heterocycles. The van der Waals surface area contributed by atoms with Crippen LogP contribution in [0.4, 0.5) is 5.82 Å². The van der Waals surface area contributed by atoms with Crippen LogP contribution in [0.5, 0.6) is 0 Å². The Bertz CT molecular complexity index is 543. The fraction of sp³-hybridized carbons (Fsp3) is 0.308. The van der Waals surface area contributed by atoms with Gasteiger partial charge in [-0.05, 0) is 37.1 Å². The van der Waals surface area contributed by atoms with Crippen LogP contribution in [0.15, 0.2) is 28.7 Å². The van der Waals surface area contributed by atoms with Crippen molar-refractivity contribution in [3.63, 3.8) is 0 Å². The molecule has 0 atom stereocenters. The maximum atomic E-state index is 4.69. The van der Waals surface area contributed by atoms with Gasteiger partial charge in [0.05, 0.1) is 11.4 Å². The molecular formula is C13H14BrN3. The standard InChI is InChI=1S/C13H14BrN3/c1-2-12-11-7-8-15-13(11)17(16-12)10-5-3-9(14)4-6-10/h3-6,15H,2,7-8H2,1H3. The lowest BCUT2D eigenvalue weighted by Gasteiger charge is -2.06. The summed E-state index contributed by atoms with van der Waals surface area (Å²) in [6, 6.07) is 8.25. The summed E-state index contributed by atoms with van der Waals surface area (Å²) in [7, 11) is 0. The predicted molar refractivity (Wildman–Crippen MR) is 72.8 cm³/mol. The smallest absolute Gasteiger partial charge is 0.133 e. The molecule has 3 nitrogen and oxygen atoms in total. The van der Waals surface area contributed by atoms with Crippen LogP contribution in [0, 0.1) is 0 Å². The molecule has 0 spiro atoms. The minimum absolute atomic E-state index is 0.994. The van der Waals surface area contributed by atoms with Crippen molar-refractivity contribution in [2.45, 2.75) is 19.8 Å². The van der Waals surface area contributed by atoms with E-state index in [9.17, 15) is 0 Å². The number of aryl methyl sites for hydroxylation is 1. The Labute approximate surface area is 109 Å². The Balaban J connectivity index is 2.12. The first-order valence-electron chi connectivity index (χ1n) is 5.90. The summed E-state index contributed by atoms with van der Waals surface area (Å²) in [5.74, 6) is 1.17. The first-order chi connectivity index (χ1) is 8.29. The van der Waals surface area contributed by atoms with Gasteiger partial charge in [-0.3, -0.25) is 0 Å². The number of nitrogens with one attached hydrogen (secondary N) is 1. The SMILES string of the molecule is CCc1nn(-c2ccc(Br)cc2)c2c1CCN2. The highest BCUT2D eigenvalue weighted by molar-refractivity contribution is 9.10. The van der Waals surface area contributed by atoms with Gasteiger partial charge in [-0.15, -0.1) is 0 Å². The molecule has 0 radical (unpaired) electrons. The summed E-state index contributed by atoms with van der Waals surface area (Å²) in [5, 5.41) is 8.11. The van der Waals surface area contributed by atoms with Crippen LogP contribution in [0.25, 0.3) is 5.69 Å². The molecule has 1 aromatic heterocycles. The number of fused-ring (bicyclic) bond motifs is 1. The van der Waals surface area contributed by atoms with E-state index in [0.717, 1.165) is 29.5 Å². The van der Waals surface area contributed by atoms with Crippen LogP contribution >= 0.6 is 15.9 Å². The van der Waals surface area contributed by atoms with Gasteiger partial charge in [-0.25, -0.2) is 4.68 Å². The second kappa shape index (κ2) is 4.18. The van der Waals surface area contributed by atoms with Gasteiger partial charge in [-0.2, -0.15) is 5.10 Å². The molecule has 2 aromatic rings. The van der Waals surface area contributed by atoms with Gasteiger partial charge in [0.25, 0.3) is 0 Å². The highest BCUT2D eigenvalue weighted by atomic mass is 79.9. The summed E-state index contributed by atoms with van der Waals surface area (Å²) >= 11 is 3.45. The lowest BCUT2D eigenvalue weighted by atomic mass is 10.2. The molecule has 0 saturated carbocycles. The number of rotatable bonds is 2. The van der Waals surface area contributed by atoms with Crippen LogP contribution in [0.1, 0.15) is 18.2 Å². The Morgan fingerprint density at radius 1 is 1.35 bits per heavy atom. The van der Waals surface area contributed by atoms with Crippen LogP contribution in [0.2, 0.25) is 0 Å². The van der Waals surface area contributed by atoms with E-state index in [0.29, 0.717) is 0 Å². The number of benzene rings is 1. The fourth-order valence-electron chi connectivity index (χ4n) is 2.30. The zero-order valence-corrected chi connectivity index (χ0v) is 11.3. The molecule has 0 unspecified atom stereocenters. The molecule has 1 aromatic carbocycles. The molecule has 0 aliphatic carbocycles. The van der Waals surface area contributed by atoms with Gasteiger partial charge in [-0.1, -0.05) is 22.9 Å². The van der Waals surface area contributed by atoms with Crippen molar-refractivity contribution < 1.29 is 0 Å². The molecule has 0 fully saturated rings. The third kappa shape index (κ3) is 1.76. The monoisotopic (exact) mass is 291 g/mol. The van der Waals surface area contributed by atoms with Crippen molar-refractivity contribution >= 4 is 21.7 Å². The van der Waals surface area contributed by atoms with Gasteiger partial charge in [0.15, 0.2) is 0 Å². The summed E-state index contributed by atoms with van der Waals surface area (Å²) in [4.78, 5) is 0. The molecular weight excluding hydrogens is 278 g/mol. The van der Waals surface area contributed by atoms with Crippen molar-refractivity contribution in [2.75, 3.05) is 11.9 Å². The van der Waals surface area contributed by atoms with Crippen molar-refractivity contribution in [1.82, 2.24) is 9.78 Å². The molecule has 3 rings (SSSR count). The largest absolute Gasteiger partial charge is 0.369 e. The fourth-order valence-corrected chi connectivity index (χ4v) is 2.56. The quantitative estimate of drug-likeness (QED) is 0.921. The molecule has 88 valence electrons. The summed E-state index contributed by atoms with van der Waals surface area (Å²) < 4.78 is 3.11. The minimum Gasteiger partial charge on any atom is -0.369 e. The molecule has 1 N–H and O–H groups in total. The molecule has 4 heteroatoms. The number of hydrogen-bond donors (Lipinski definition) is 1. The lowest BCUT2D eigenvalue weighted by molar-refractivity contribution is 0.832. The topological polar surface area (TPSA) is 29.9 Å². The van der Waals surface area contributed by atoms with E-state index in [-0.39, 0.29) is 0 Å². The van der Waals surface area contributed by atoms with Crippen molar-refractivity contribution in [2.24, 2.45) is 0 Å². The maximum absolute atomic E-state index is 4.69. The number of halogens is 1. The number of aromatic nitrogens is 2. The molecule has 17 heavy (non-hydrogen) atoms. The van der Waals surface area contributed by atoms with Gasteiger partial charge in [0, 0.05) is 16.6 Å². The third-order valence-corrected chi connectivity index (χ3v) is 3.67. The van der Waals surface area contributed by atoms with Crippen molar-refractivity contribution in [3.05, 3.63) is 40.0 Å². The molecule has 1 aliphatic heterocycles. The highest BCUT2D eigenvalue weighted by Gasteiger charge is 2.21. The molecule has 0 amide bonds. The van der Waals surface area contributed by atoms with E-state index >= 15 is 0 Å². The Hall–Kier alpha value is -1.29. The van der Waals surface area contributed by atoms with Gasteiger partial charge in [0.2, 0.25) is 0 Å². The van der Waals surface area contributed by atoms with E-state index in [4.69, 9.17) is 0 Å². The Kier molecular flexibility index (Phi) is 2.67. The molecule has 2 heterocycles. The first kappa shape index (κ1) is 10.8. The number of hydrogen-bond acceptors (Lipinski definition) is 2. The normalized spacial score (nSPS) is 13.5. The molecule has 0 bridgehead atoms. The van der Waals surface area contributed by atoms with Crippen LogP contribution in [-0.4, -0.2) is 16.3 Å². The van der Waals surface area contributed by atoms with Crippen molar-refractivity contribution in [1.29, 1.82) is 0 Å². The highest BCUT2D eigenvalue weighted by Crippen LogP contribution is 2.29. The van der Waals surface area contributed by atoms with E-state index in [1.54, 1.807) is 0 Å². The van der Waals surface area contributed by atoms with E-state index in [1.165, 1.54) is 17.1 Å². The summed E-state index contributed by atoms with van der Waals surface area (Å²) in [6.07, 6.45) is 2.09. The predicted octanol–water partition coefficient (Wildman–Crippen LogP) is 3.17. The molecule has 1 aliphatic rings. The van der Waals surface area contributed by atoms with E-state index in [2.05, 4.69) is 45.4 Å². The lowest BCUT2D eigenvalue weighted by Crippen LogP contribution is -2.04. The van der Waals surface area contributed by atoms with Crippen molar-refractivity contribution in [3.8, 4) is 5.69 Å². The summed E-state index contributed by atoms with van der Waals surface area (Å²) in [5.41, 5.74) is 3.71. The van der Waals surface area contributed by atoms with E-state index in [1.807, 2.05) is 16.8 Å². The average molecular weight is 292 g/mol. The summed E-state index contributed by atoms with van der Waals surface area (Å²) in [6.45, 7) is 3.18. The average Bonchev–Trinajstić information content (AvgIpc) is 2.91. The number of nitrogens with zero attached hydrogens (tertiary/aromatic N) is 2. The van der Waals surface area contributed by atoms with E-state index < -0.39 is 0 Å². The second-order valence-corrected chi connectivity index (χ2v) is 5.11. The number of anilines is 1. The maximum Gasteiger partial charge on any atom is 0.133 e. The second-order valence-electron chi connectivity index (χ2n) is 4.19.